The second-order valence-corrected chi connectivity index (χ2v) is 2.47. The Morgan fingerprint density at radius 2 is 2.21 bits per heavy atom. The minimum absolute atomic E-state index is 0.802. The summed E-state index contributed by atoms with van der Waals surface area (Å²) in [7, 11) is 5.31. The molecule has 0 aromatic rings. The van der Waals surface area contributed by atoms with Crippen LogP contribution in [0.2, 0.25) is 0 Å². The molecule has 0 unspecified atom stereocenters. The van der Waals surface area contributed by atoms with E-state index >= 15 is 0 Å². The zero-order chi connectivity index (χ0) is 11.2. The van der Waals surface area contributed by atoms with Crippen LogP contribution < -0.4 is 5.32 Å². The Morgan fingerprint density at radius 1 is 1.57 bits per heavy atom. The Hall–Kier alpha value is -1.00. The van der Waals surface area contributed by atoms with Crippen LogP contribution in [-0.2, 0) is 4.74 Å². The average molecular weight is 199 g/mol. The van der Waals surface area contributed by atoms with Gasteiger partial charge in [0.15, 0.2) is 0 Å². The van der Waals surface area contributed by atoms with Crippen LogP contribution in [0, 0.1) is 0 Å². The zero-order valence-electron chi connectivity index (χ0n) is 9.58. The molecule has 0 bridgehead atoms. The molecular formula is C10H21N3O. The minimum Gasteiger partial charge on any atom is -0.383 e. The molecule has 0 fully saturated rings. The monoisotopic (exact) mass is 199 g/mol. The molecule has 0 heterocycles. The van der Waals surface area contributed by atoms with Crippen molar-refractivity contribution in [2.24, 2.45) is 9.98 Å². The maximum atomic E-state index is 4.72. The Labute approximate surface area is 86.8 Å². The molecule has 0 atom stereocenters. The normalized spacial score (nSPS) is 11.0. The van der Waals surface area contributed by atoms with Crippen molar-refractivity contribution < 1.29 is 4.74 Å². The van der Waals surface area contributed by atoms with Gasteiger partial charge >= 0.3 is 0 Å². The van der Waals surface area contributed by atoms with Crippen LogP contribution in [0.15, 0.2) is 21.8 Å². The first-order valence-corrected chi connectivity index (χ1v) is 4.42. The number of hydrogen-bond donors (Lipinski definition) is 1. The molecule has 4 nitrogen and oxygen atoms in total. The predicted molar refractivity (Wildman–Crippen MR) is 63.5 cm³/mol. The smallest absolute Gasteiger partial charge is 0.0587 e. The Balaban J connectivity index is 0. The van der Waals surface area contributed by atoms with Crippen LogP contribution in [-0.4, -0.2) is 47.3 Å². The summed E-state index contributed by atoms with van der Waals surface area (Å²) in [5.41, 5.74) is 0.885. The zero-order valence-corrected chi connectivity index (χ0v) is 9.58. The van der Waals surface area contributed by atoms with Gasteiger partial charge in [-0.25, -0.2) is 0 Å². The highest BCUT2D eigenvalue weighted by atomic mass is 16.5. The van der Waals surface area contributed by atoms with Gasteiger partial charge in [-0.3, -0.25) is 9.98 Å². The maximum Gasteiger partial charge on any atom is 0.0587 e. The van der Waals surface area contributed by atoms with Crippen LogP contribution in [0.1, 0.15) is 6.92 Å². The lowest BCUT2D eigenvalue weighted by atomic mass is 10.5. The molecule has 0 radical (unpaired) electrons. The lowest BCUT2D eigenvalue weighted by Gasteiger charge is -1.92. The molecule has 0 saturated heterocycles. The van der Waals surface area contributed by atoms with E-state index in [9.17, 15) is 0 Å². The van der Waals surface area contributed by atoms with Gasteiger partial charge in [0.1, 0.15) is 0 Å². The van der Waals surface area contributed by atoms with Crippen molar-refractivity contribution in [2.45, 2.75) is 6.92 Å². The summed E-state index contributed by atoms with van der Waals surface area (Å²) in [6.07, 6.45) is 3.48. The van der Waals surface area contributed by atoms with E-state index in [1.165, 1.54) is 0 Å². The SMILES string of the molecule is C=N/C(C)=C\C=NC.CNCCOC. The molecule has 14 heavy (non-hydrogen) atoms. The number of rotatable bonds is 5. The van der Waals surface area contributed by atoms with E-state index in [-0.39, 0.29) is 0 Å². The number of allylic oxidation sites excluding steroid dienone is 2. The molecule has 0 saturated carbocycles. The van der Waals surface area contributed by atoms with E-state index < -0.39 is 0 Å². The van der Waals surface area contributed by atoms with E-state index in [0.29, 0.717) is 0 Å². The van der Waals surface area contributed by atoms with Crippen molar-refractivity contribution in [1.29, 1.82) is 0 Å². The summed E-state index contributed by atoms with van der Waals surface area (Å²) in [5.74, 6) is 0. The third-order valence-corrected chi connectivity index (χ3v) is 1.27. The van der Waals surface area contributed by atoms with Crippen LogP contribution in [0.25, 0.3) is 0 Å². The van der Waals surface area contributed by atoms with Crippen molar-refractivity contribution in [2.75, 3.05) is 34.4 Å². The molecule has 0 rings (SSSR count). The van der Waals surface area contributed by atoms with Gasteiger partial charge in [0.2, 0.25) is 0 Å². The van der Waals surface area contributed by atoms with Crippen LogP contribution in [0.3, 0.4) is 0 Å². The van der Waals surface area contributed by atoms with Crippen molar-refractivity contribution in [3.05, 3.63) is 11.8 Å². The fourth-order valence-corrected chi connectivity index (χ4v) is 0.439. The van der Waals surface area contributed by atoms with Gasteiger partial charge in [-0.1, -0.05) is 0 Å². The average Bonchev–Trinajstić information content (AvgIpc) is 2.23. The van der Waals surface area contributed by atoms with E-state index in [4.69, 9.17) is 4.74 Å². The number of nitrogens with zero attached hydrogens (tertiary/aromatic N) is 2. The molecule has 4 heteroatoms. The highest BCUT2D eigenvalue weighted by Crippen LogP contribution is 1.87. The highest BCUT2D eigenvalue weighted by Gasteiger charge is 1.72. The summed E-state index contributed by atoms with van der Waals surface area (Å²) in [6, 6.07) is 0. The first-order chi connectivity index (χ1) is 6.72. The van der Waals surface area contributed by atoms with Gasteiger partial charge in [0.25, 0.3) is 0 Å². The van der Waals surface area contributed by atoms with Crippen molar-refractivity contribution in [3.63, 3.8) is 0 Å². The summed E-state index contributed by atoms with van der Waals surface area (Å²) in [5, 5.41) is 2.94. The molecular weight excluding hydrogens is 178 g/mol. The third-order valence-electron chi connectivity index (χ3n) is 1.27. The molecule has 0 aliphatic heterocycles. The van der Waals surface area contributed by atoms with Crippen molar-refractivity contribution in [3.8, 4) is 0 Å². The molecule has 0 aromatic heterocycles. The van der Waals surface area contributed by atoms with E-state index in [2.05, 4.69) is 22.0 Å². The van der Waals surface area contributed by atoms with Crippen LogP contribution in [0.5, 0.6) is 0 Å². The van der Waals surface area contributed by atoms with Gasteiger partial charge in [-0.05, 0) is 26.8 Å². The van der Waals surface area contributed by atoms with Crippen LogP contribution in [0.4, 0.5) is 0 Å². The lowest BCUT2D eigenvalue weighted by Crippen LogP contribution is -2.12. The summed E-state index contributed by atoms with van der Waals surface area (Å²) in [6.45, 7) is 6.95. The van der Waals surface area contributed by atoms with Crippen molar-refractivity contribution in [1.82, 2.24) is 5.32 Å². The Kier molecular flexibility index (Phi) is 16.0. The minimum atomic E-state index is 0.802. The van der Waals surface area contributed by atoms with Gasteiger partial charge < -0.3 is 10.1 Å². The molecule has 82 valence electrons. The van der Waals surface area contributed by atoms with E-state index in [1.807, 2.05) is 14.0 Å². The number of nitrogens with one attached hydrogen (secondary N) is 1. The number of aliphatic imine (C=N–C) groups is 2. The van der Waals surface area contributed by atoms with Gasteiger partial charge in [0.05, 0.1) is 6.61 Å². The third kappa shape index (κ3) is 17.2. The topological polar surface area (TPSA) is 46.0 Å². The van der Waals surface area contributed by atoms with Gasteiger partial charge in [0, 0.05) is 32.6 Å². The quantitative estimate of drug-likeness (QED) is 0.533. The first-order valence-electron chi connectivity index (χ1n) is 4.42. The predicted octanol–water partition coefficient (Wildman–Crippen LogP) is 1.14. The maximum absolute atomic E-state index is 4.72. The number of ether oxygens (including phenoxy) is 1. The number of methoxy groups -OCH3 is 1. The fourth-order valence-electron chi connectivity index (χ4n) is 0.439. The first kappa shape index (κ1) is 15.5. The van der Waals surface area contributed by atoms with Gasteiger partial charge in [-0.2, -0.15) is 0 Å². The largest absolute Gasteiger partial charge is 0.383 e. The molecule has 0 aliphatic rings. The van der Waals surface area contributed by atoms with Crippen molar-refractivity contribution >= 4 is 12.9 Å². The molecule has 0 aromatic carbocycles. The summed E-state index contributed by atoms with van der Waals surface area (Å²) >= 11 is 0. The Morgan fingerprint density at radius 3 is 2.50 bits per heavy atom. The van der Waals surface area contributed by atoms with Gasteiger partial charge in [-0.15, -0.1) is 0 Å². The molecule has 0 spiro atoms. The summed E-state index contributed by atoms with van der Waals surface area (Å²) < 4.78 is 4.72. The summed E-state index contributed by atoms with van der Waals surface area (Å²) in [4.78, 5) is 7.38. The second-order valence-electron chi connectivity index (χ2n) is 2.47. The lowest BCUT2D eigenvalue weighted by molar-refractivity contribution is 0.201. The molecule has 0 aliphatic carbocycles. The Bertz CT molecular complexity index is 172. The molecule has 1 N–H and O–H groups in total. The standard InChI is InChI=1S/C6H10N2.C4H11NO/c1-6(8-3)4-5-7-2;1-5-3-4-6-2/h4-5H,3H2,1-2H3;5H,3-4H2,1-2H3/b6-4-,7-5?;. The van der Waals surface area contributed by atoms with E-state index in [1.54, 1.807) is 26.4 Å². The highest BCUT2D eigenvalue weighted by molar-refractivity contribution is 5.71. The number of hydrogen-bond acceptors (Lipinski definition) is 4. The van der Waals surface area contributed by atoms with Crippen LogP contribution >= 0.6 is 0 Å². The van der Waals surface area contributed by atoms with E-state index in [0.717, 1.165) is 18.8 Å². The second kappa shape index (κ2) is 14.5. The number of likely N-dealkylation sites (N-methyl/N-ethyl adjacent to an activating group) is 1. The molecule has 0 amide bonds. The fraction of sp³-hybridized carbons (Fsp3) is 0.600.